The molecule has 1 saturated heterocycles. The lowest BCUT2D eigenvalue weighted by Crippen LogP contribution is -2.49. The SMILES string of the molecule is CCc1c(C)nc(-c2ccc(C(F)(F)F)cc2)nc1N1CCN(C(=O)CC(C)CC(C)(C)C)CC1. The normalized spacial score (nSPS) is 15.9. The van der Waals surface area contributed by atoms with Crippen LogP contribution in [0.3, 0.4) is 0 Å². The van der Waals surface area contributed by atoms with Gasteiger partial charge in [0.25, 0.3) is 0 Å². The Kier molecular flexibility index (Phi) is 8.12. The highest BCUT2D eigenvalue weighted by Crippen LogP contribution is 2.32. The number of alkyl halides is 3. The Bertz CT molecular complexity index is 1020. The minimum atomic E-state index is -4.38. The van der Waals surface area contributed by atoms with Crippen molar-refractivity contribution in [2.75, 3.05) is 31.1 Å². The number of hydrogen-bond acceptors (Lipinski definition) is 4. The van der Waals surface area contributed by atoms with E-state index in [0.717, 1.165) is 42.0 Å². The molecule has 8 heteroatoms. The van der Waals surface area contributed by atoms with Gasteiger partial charge in [0.2, 0.25) is 5.91 Å². The second-order valence-electron chi connectivity index (χ2n) is 10.8. The van der Waals surface area contributed by atoms with Crippen molar-refractivity contribution >= 4 is 11.7 Å². The van der Waals surface area contributed by atoms with Crippen LogP contribution in [0, 0.1) is 18.3 Å². The summed E-state index contributed by atoms with van der Waals surface area (Å²) >= 11 is 0. The van der Waals surface area contributed by atoms with Crippen LogP contribution in [0.2, 0.25) is 0 Å². The molecule has 1 amide bonds. The average molecular weight is 491 g/mol. The monoisotopic (exact) mass is 490 g/mol. The van der Waals surface area contributed by atoms with Crippen LogP contribution < -0.4 is 4.90 Å². The number of aryl methyl sites for hydroxylation is 1. The van der Waals surface area contributed by atoms with Gasteiger partial charge in [-0.15, -0.1) is 0 Å². The van der Waals surface area contributed by atoms with E-state index in [1.165, 1.54) is 12.1 Å². The highest BCUT2D eigenvalue weighted by molar-refractivity contribution is 5.76. The number of hydrogen-bond donors (Lipinski definition) is 0. The Balaban J connectivity index is 1.74. The lowest BCUT2D eigenvalue weighted by atomic mass is 9.84. The molecule has 35 heavy (non-hydrogen) atoms. The van der Waals surface area contributed by atoms with Gasteiger partial charge in [-0.1, -0.05) is 46.8 Å². The fraction of sp³-hybridized carbons (Fsp3) is 0.593. The Morgan fingerprint density at radius 2 is 1.63 bits per heavy atom. The summed E-state index contributed by atoms with van der Waals surface area (Å²) in [5.74, 6) is 1.76. The molecule has 1 atom stereocenters. The summed E-state index contributed by atoms with van der Waals surface area (Å²) < 4.78 is 38.9. The van der Waals surface area contributed by atoms with Crippen molar-refractivity contribution in [3.63, 3.8) is 0 Å². The molecule has 0 spiro atoms. The quantitative estimate of drug-likeness (QED) is 0.488. The van der Waals surface area contributed by atoms with E-state index >= 15 is 0 Å². The van der Waals surface area contributed by atoms with Gasteiger partial charge in [-0.2, -0.15) is 13.2 Å². The lowest BCUT2D eigenvalue weighted by molar-refractivity contribution is -0.137. The van der Waals surface area contributed by atoms with Gasteiger partial charge in [0.05, 0.1) is 5.56 Å². The van der Waals surface area contributed by atoms with Crippen LogP contribution >= 0.6 is 0 Å². The van der Waals surface area contributed by atoms with E-state index in [2.05, 4.69) is 37.6 Å². The highest BCUT2D eigenvalue weighted by Gasteiger charge is 2.30. The summed E-state index contributed by atoms with van der Waals surface area (Å²) in [5.41, 5.74) is 1.90. The first-order valence-electron chi connectivity index (χ1n) is 12.4. The van der Waals surface area contributed by atoms with Crippen LogP contribution in [-0.4, -0.2) is 47.0 Å². The topological polar surface area (TPSA) is 49.3 Å². The summed E-state index contributed by atoms with van der Waals surface area (Å²) in [6.07, 6.45) is -2.07. The molecule has 1 unspecified atom stereocenters. The summed E-state index contributed by atoms with van der Waals surface area (Å²) in [6.45, 7) is 15.3. The number of carbonyl (C=O) groups excluding carboxylic acids is 1. The van der Waals surface area contributed by atoms with E-state index in [4.69, 9.17) is 4.98 Å². The molecule has 1 aliphatic heterocycles. The van der Waals surface area contributed by atoms with E-state index in [9.17, 15) is 18.0 Å². The van der Waals surface area contributed by atoms with Crippen molar-refractivity contribution in [1.82, 2.24) is 14.9 Å². The first kappa shape index (κ1) is 27.0. The fourth-order valence-electron chi connectivity index (χ4n) is 4.91. The molecule has 0 saturated carbocycles. The molecule has 0 bridgehead atoms. The van der Waals surface area contributed by atoms with Gasteiger partial charge in [-0.25, -0.2) is 9.97 Å². The predicted octanol–water partition coefficient (Wildman–Crippen LogP) is 6.14. The second kappa shape index (κ2) is 10.5. The van der Waals surface area contributed by atoms with Gasteiger partial charge in [0.1, 0.15) is 5.82 Å². The molecule has 2 heterocycles. The van der Waals surface area contributed by atoms with Gasteiger partial charge < -0.3 is 9.80 Å². The zero-order valence-corrected chi connectivity index (χ0v) is 21.7. The standard InChI is InChI=1S/C27H37F3N4O/c1-7-22-19(3)31-24(20-8-10-21(11-9-20)27(28,29)30)32-25(22)34-14-12-33(13-15-34)23(35)16-18(2)17-26(4,5)6/h8-11,18H,7,12-17H2,1-6H3. The van der Waals surface area contributed by atoms with Crippen molar-refractivity contribution in [3.8, 4) is 11.4 Å². The Morgan fingerprint density at radius 3 is 2.14 bits per heavy atom. The average Bonchev–Trinajstić information content (AvgIpc) is 2.76. The summed E-state index contributed by atoms with van der Waals surface area (Å²) in [4.78, 5) is 26.3. The van der Waals surface area contributed by atoms with Crippen LogP contribution in [0.4, 0.5) is 19.0 Å². The number of benzene rings is 1. The van der Waals surface area contributed by atoms with Gasteiger partial charge in [0.15, 0.2) is 5.82 Å². The second-order valence-corrected chi connectivity index (χ2v) is 10.8. The Labute approximate surface area is 206 Å². The first-order valence-corrected chi connectivity index (χ1v) is 12.4. The number of aromatic nitrogens is 2. The number of piperazine rings is 1. The minimum Gasteiger partial charge on any atom is -0.353 e. The maximum atomic E-state index is 13.0. The van der Waals surface area contributed by atoms with E-state index in [1.807, 2.05) is 18.7 Å². The van der Waals surface area contributed by atoms with Crippen molar-refractivity contribution in [1.29, 1.82) is 0 Å². The highest BCUT2D eigenvalue weighted by atomic mass is 19.4. The molecule has 3 rings (SSSR count). The van der Waals surface area contributed by atoms with Crippen molar-refractivity contribution in [2.24, 2.45) is 11.3 Å². The zero-order valence-electron chi connectivity index (χ0n) is 21.7. The largest absolute Gasteiger partial charge is 0.416 e. The molecule has 1 fully saturated rings. The number of carbonyl (C=O) groups is 1. The van der Waals surface area contributed by atoms with Crippen LogP contribution in [0.15, 0.2) is 24.3 Å². The number of nitrogens with zero attached hydrogens (tertiary/aromatic N) is 4. The maximum Gasteiger partial charge on any atom is 0.416 e. The van der Waals surface area contributed by atoms with Crippen LogP contribution in [0.1, 0.15) is 64.3 Å². The lowest BCUT2D eigenvalue weighted by Gasteiger charge is -2.37. The molecule has 1 aliphatic rings. The van der Waals surface area contributed by atoms with Crippen LogP contribution in [0.5, 0.6) is 0 Å². The third-order valence-electron chi connectivity index (χ3n) is 6.43. The van der Waals surface area contributed by atoms with Crippen LogP contribution in [0.25, 0.3) is 11.4 Å². The van der Waals surface area contributed by atoms with Gasteiger partial charge in [-0.05, 0) is 43.2 Å². The predicted molar refractivity (Wildman–Crippen MR) is 133 cm³/mol. The summed E-state index contributed by atoms with van der Waals surface area (Å²) in [5, 5.41) is 0. The Hall–Kier alpha value is -2.64. The maximum absolute atomic E-state index is 13.0. The number of halogens is 3. The minimum absolute atomic E-state index is 0.196. The molecule has 0 aliphatic carbocycles. The number of amides is 1. The third-order valence-corrected chi connectivity index (χ3v) is 6.43. The van der Waals surface area contributed by atoms with Gasteiger partial charge in [0, 0.05) is 49.4 Å². The fourth-order valence-corrected chi connectivity index (χ4v) is 4.91. The van der Waals surface area contributed by atoms with E-state index in [-0.39, 0.29) is 11.3 Å². The van der Waals surface area contributed by atoms with E-state index < -0.39 is 11.7 Å². The molecule has 192 valence electrons. The molecule has 0 N–H and O–H groups in total. The first-order chi connectivity index (χ1) is 16.3. The van der Waals surface area contributed by atoms with Crippen molar-refractivity contribution in [3.05, 3.63) is 41.1 Å². The molecular formula is C27H37F3N4O. The molecule has 5 nitrogen and oxygen atoms in total. The van der Waals surface area contributed by atoms with Gasteiger partial charge >= 0.3 is 6.18 Å². The third kappa shape index (κ3) is 6.95. The molecular weight excluding hydrogens is 453 g/mol. The van der Waals surface area contributed by atoms with Crippen molar-refractivity contribution < 1.29 is 18.0 Å². The molecule has 0 radical (unpaired) electrons. The van der Waals surface area contributed by atoms with Gasteiger partial charge in [-0.3, -0.25) is 4.79 Å². The summed E-state index contributed by atoms with van der Waals surface area (Å²) in [7, 11) is 0. The van der Waals surface area contributed by atoms with E-state index in [0.29, 0.717) is 49.9 Å². The number of anilines is 1. The van der Waals surface area contributed by atoms with Crippen molar-refractivity contribution in [2.45, 2.75) is 67.0 Å². The zero-order chi connectivity index (χ0) is 26.0. The summed E-state index contributed by atoms with van der Waals surface area (Å²) in [6, 6.07) is 4.96. The molecule has 2 aromatic rings. The molecule has 1 aromatic heterocycles. The molecule has 1 aromatic carbocycles. The smallest absolute Gasteiger partial charge is 0.353 e. The number of rotatable bonds is 6. The van der Waals surface area contributed by atoms with E-state index in [1.54, 1.807) is 0 Å². The van der Waals surface area contributed by atoms with Crippen LogP contribution in [-0.2, 0) is 17.4 Å². The Morgan fingerprint density at radius 1 is 1.03 bits per heavy atom.